The molecule has 1 aromatic carbocycles. The average Bonchev–Trinajstić information content (AvgIpc) is 3.25. The summed E-state index contributed by atoms with van der Waals surface area (Å²) in [7, 11) is 0. The Bertz CT molecular complexity index is 1290. The lowest BCUT2D eigenvalue weighted by Crippen LogP contribution is -2.33. The Labute approximate surface area is 198 Å². The molecule has 1 fully saturated rings. The first-order valence-corrected chi connectivity index (χ1v) is 11.7. The summed E-state index contributed by atoms with van der Waals surface area (Å²) in [6, 6.07) is 14.1. The summed E-state index contributed by atoms with van der Waals surface area (Å²) in [5.74, 6) is 0.549. The number of nitrogens with one attached hydrogen (secondary N) is 2. The number of aromatic nitrogens is 4. The van der Waals surface area contributed by atoms with Gasteiger partial charge in [0.2, 0.25) is 11.9 Å². The lowest BCUT2D eigenvalue weighted by molar-refractivity contribution is -0.115. The minimum atomic E-state index is -0.0656. The smallest absolute Gasteiger partial charge is 0.228 e. The molecule has 4 aromatic rings. The number of amides is 1. The maximum Gasteiger partial charge on any atom is 0.228 e. The van der Waals surface area contributed by atoms with E-state index in [0.29, 0.717) is 30.1 Å². The van der Waals surface area contributed by atoms with Crippen LogP contribution in [0.3, 0.4) is 0 Å². The van der Waals surface area contributed by atoms with E-state index in [1.54, 1.807) is 0 Å². The number of hydrogen-bond donors (Lipinski definition) is 3. The number of rotatable bonds is 6. The van der Waals surface area contributed by atoms with Crippen LogP contribution in [0.1, 0.15) is 36.8 Å². The highest BCUT2D eigenvalue weighted by molar-refractivity contribution is 5.92. The van der Waals surface area contributed by atoms with Gasteiger partial charge in [-0.15, -0.1) is 0 Å². The van der Waals surface area contributed by atoms with E-state index in [1.165, 1.54) is 0 Å². The van der Waals surface area contributed by atoms with Crippen LogP contribution in [-0.2, 0) is 11.2 Å². The van der Waals surface area contributed by atoms with Crippen molar-refractivity contribution < 1.29 is 4.79 Å². The number of nitrogens with two attached hydrogens (primary N) is 1. The first-order chi connectivity index (χ1) is 16.5. The van der Waals surface area contributed by atoms with Crippen molar-refractivity contribution in [1.29, 1.82) is 0 Å². The van der Waals surface area contributed by atoms with Crippen molar-refractivity contribution in [3.05, 3.63) is 72.2 Å². The number of anilines is 2. The summed E-state index contributed by atoms with van der Waals surface area (Å²) < 4.78 is 1.96. The first-order valence-electron chi connectivity index (χ1n) is 11.7. The van der Waals surface area contributed by atoms with Crippen LogP contribution in [0.25, 0.3) is 17.0 Å². The summed E-state index contributed by atoms with van der Waals surface area (Å²) >= 11 is 0. The highest BCUT2D eigenvalue weighted by atomic mass is 16.1. The maximum absolute atomic E-state index is 12.5. The van der Waals surface area contributed by atoms with Crippen LogP contribution in [0.4, 0.5) is 11.6 Å². The summed E-state index contributed by atoms with van der Waals surface area (Å²) in [6.45, 7) is 1.99. The largest absolute Gasteiger partial charge is 0.351 e. The third-order valence-corrected chi connectivity index (χ3v) is 6.32. The molecule has 0 radical (unpaired) electrons. The summed E-state index contributed by atoms with van der Waals surface area (Å²) in [5, 5.41) is 6.47. The highest BCUT2D eigenvalue weighted by Crippen LogP contribution is 2.26. The van der Waals surface area contributed by atoms with Gasteiger partial charge in [-0.25, -0.2) is 15.0 Å². The van der Waals surface area contributed by atoms with E-state index in [0.717, 1.165) is 53.8 Å². The molecule has 8 heteroatoms. The number of fused-ring (bicyclic) bond motifs is 1. The number of benzene rings is 1. The third-order valence-electron chi connectivity index (χ3n) is 6.32. The van der Waals surface area contributed by atoms with E-state index in [1.807, 2.05) is 72.4 Å². The molecule has 1 aliphatic rings. The standard InChI is InChI=1S/C26H29N7O/c1-17-14-29-26(31-20-9-7-19(27)8-10-20)32-25(17)22-15-28-23-12-11-21(16-33(22)23)30-24(34)13-18-5-3-2-4-6-18/h2-6,11-12,14-16,19-20H,7-10,13,27H2,1H3,(H,30,34)(H,29,31,32)/t19-,20-. The van der Waals surface area contributed by atoms with Crippen LogP contribution in [0.2, 0.25) is 0 Å². The lowest BCUT2D eigenvalue weighted by Gasteiger charge is -2.26. The Morgan fingerprint density at radius 1 is 1.06 bits per heavy atom. The fourth-order valence-electron chi connectivity index (χ4n) is 4.43. The molecular weight excluding hydrogens is 426 g/mol. The van der Waals surface area contributed by atoms with Crippen molar-refractivity contribution >= 4 is 23.2 Å². The average molecular weight is 456 g/mol. The quantitative estimate of drug-likeness (QED) is 0.406. The molecule has 0 unspecified atom stereocenters. The molecule has 3 aromatic heterocycles. The van der Waals surface area contributed by atoms with E-state index < -0.39 is 0 Å². The zero-order chi connectivity index (χ0) is 23.5. The Kier molecular flexibility index (Phi) is 6.22. The number of carbonyl (C=O) groups is 1. The van der Waals surface area contributed by atoms with Gasteiger partial charge in [-0.3, -0.25) is 9.20 Å². The number of nitrogens with zero attached hydrogens (tertiary/aromatic N) is 4. The molecular formula is C26H29N7O. The van der Waals surface area contributed by atoms with Crippen LogP contribution < -0.4 is 16.4 Å². The van der Waals surface area contributed by atoms with E-state index in [-0.39, 0.29) is 5.91 Å². The molecule has 1 saturated carbocycles. The Hall–Kier alpha value is -3.78. The molecule has 3 heterocycles. The number of pyridine rings is 1. The molecule has 0 spiro atoms. The van der Waals surface area contributed by atoms with Crippen molar-refractivity contribution in [2.75, 3.05) is 10.6 Å². The Balaban J connectivity index is 1.37. The van der Waals surface area contributed by atoms with E-state index >= 15 is 0 Å². The van der Waals surface area contributed by atoms with Crippen molar-refractivity contribution in [2.24, 2.45) is 5.73 Å². The molecule has 0 saturated heterocycles. The highest BCUT2D eigenvalue weighted by Gasteiger charge is 2.20. The minimum absolute atomic E-state index is 0.0656. The van der Waals surface area contributed by atoms with Gasteiger partial charge in [0.15, 0.2) is 0 Å². The van der Waals surface area contributed by atoms with Crippen molar-refractivity contribution in [3.8, 4) is 11.4 Å². The normalized spacial score (nSPS) is 18.1. The van der Waals surface area contributed by atoms with E-state index in [2.05, 4.69) is 20.6 Å². The van der Waals surface area contributed by atoms with Crippen molar-refractivity contribution in [3.63, 3.8) is 0 Å². The fourth-order valence-corrected chi connectivity index (χ4v) is 4.43. The molecule has 4 N–H and O–H groups in total. The van der Waals surface area contributed by atoms with Crippen LogP contribution >= 0.6 is 0 Å². The molecule has 34 heavy (non-hydrogen) atoms. The summed E-state index contributed by atoms with van der Waals surface area (Å²) in [6.07, 6.45) is 9.93. The fraction of sp³-hybridized carbons (Fsp3) is 0.308. The number of hydrogen-bond acceptors (Lipinski definition) is 6. The van der Waals surface area contributed by atoms with Crippen LogP contribution in [0.5, 0.6) is 0 Å². The van der Waals surface area contributed by atoms with Gasteiger partial charge >= 0.3 is 0 Å². The molecule has 1 amide bonds. The van der Waals surface area contributed by atoms with E-state index in [4.69, 9.17) is 10.7 Å². The minimum Gasteiger partial charge on any atom is -0.351 e. The number of aryl methyl sites for hydroxylation is 1. The molecule has 8 nitrogen and oxygen atoms in total. The second-order valence-electron chi connectivity index (χ2n) is 8.98. The summed E-state index contributed by atoms with van der Waals surface area (Å²) in [5.41, 5.74) is 11.1. The predicted octanol–water partition coefficient (Wildman–Crippen LogP) is 3.96. The van der Waals surface area contributed by atoms with E-state index in [9.17, 15) is 4.79 Å². The van der Waals surface area contributed by atoms with Gasteiger partial charge < -0.3 is 16.4 Å². The zero-order valence-electron chi connectivity index (χ0n) is 19.2. The van der Waals surface area contributed by atoms with Gasteiger partial charge in [0.05, 0.1) is 29.7 Å². The Morgan fingerprint density at radius 2 is 1.85 bits per heavy atom. The summed E-state index contributed by atoms with van der Waals surface area (Å²) in [4.78, 5) is 26.4. The molecule has 174 valence electrons. The van der Waals surface area contributed by atoms with Crippen molar-refractivity contribution in [2.45, 2.75) is 51.1 Å². The van der Waals surface area contributed by atoms with Gasteiger partial charge in [0, 0.05) is 24.5 Å². The second kappa shape index (κ2) is 9.61. The monoisotopic (exact) mass is 455 g/mol. The zero-order valence-corrected chi connectivity index (χ0v) is 19.2. The molecule has 1 aliphatic carbocycles. The second-order valence-corrected chi connectivity index (χ2v) is 8.98. The first kappa shape index (κ1) is 22.0. The maximum atomic E-state index is 12.5. The van der Waals surface area contributed by atoms with Gasteiger partial charge in [0.1, 0.15) is 5.65 Å². The SMILES string of the molecule is Cc1cnc(N[C@H]2CC[C@H](N)CC2)nc1-c1cnc2ccc(NC(=O)Cc3ccccc3)cn12. The van der Waals surface area contributed by atoms with Gasteiger partial charge in [0.25, 0.3) is 0 Å². The topological polar surface area (TPSA) is 110 Å². The third kappa shape index (κ3) is 4.92. The van der Waals surface area contributed by atoms with Crippen LogP contribution in [0.15, 0.2) is 61.1 Å². The van der Waals surface area contributed by atoms with Gasteiger partial charge in [-0.05, 0) is 55.9 Å². The van der Waals surface area contributed by atoms with Crippen LogP contribution in [0, 0.1) is 6.92 Å². The lowest BCUT2D eigenvalue weighted by atomic mass is 9.92. The number of carbonyl (C=O) groups excluding carboxylic acids is 1. The Morgan fingerprint density at radius 3 is 2.65 bits per heavy atom. The predicted molar refractivity (Wildman–Crippen MR) is 134 cm³/mol. The molecule has 5 rings (SSSR count). The van der Waals surface area contributed by atoms with Crippen LogP contribution in [-0.4, -0.2) is 37.3 Å². The molecule has 0 atom stereocenters. The molecule has 0 aliphatic heterocycles. The molecule has 0 bridgehead atoms. The van der Waals surface area contributed by atoms with Gasteiger partial charge in [-0.2, -0.15) is 0 Å². The number of imidazole rings is 1. The van der Waals surface area contributed by atoms with Gasteiger partial charge in [-0.1, -0.05) is 30.3 Å². The van der Waals surface area contributed by atoms with Crippen molar-refractivity contribution in [1.82, 2.24) is 19.4 Å².